The van der Waals surface area contributed by atoms with Crippen molar-refractivity contribution >= 4 is 17.5 Å². The predicted molar refractivity (Wildman–Crippen MR) is 88.3 cm³/mol. The van der Waals surface area contributed by atoms with E-state index in [0.29, 0.717) is 17.2 Å². The summed E-state index contributed by atoms with van der Waals surface area (Å²) in [6.07, 6.45) is -4.50. The van der Waals surface area contributed by atoms with Crippen LogP contribution in [0.2, 0.25) is 0 Å². The predicted octanol–water partition coefficient (Wildman–Crippen LogP) is 2.47. The number of methoxy groups -OCH3 is 2. The highest BCUT2D eigenvalue weighted by Crippen LogP contribution is 2.32. The summed E-state index contributed by atoms with van der Waals surface area (Å²) in [6, 6.07) is 5.02. The van der Waals surface area contributed by atoms with Crippen LogP contribution in [-0.4, -0.2) is 57.2 Å². The summed E-state index contributed by atoms with van der Waals surface area (Å²) < 4.78 is 47.8. The fraction of sp³-hybridized carbons (Fsp3) is 0.529. The van der Waals surface area contributed by atoms with Crippen molar-refractivity contribution in [2.45, 2.75) is 19.0 Å². The van der Waals surface area contributed by atoms with Crippen LogP contribution in [0.5, 0.6) is 11.5 Å². The van der Waals surface area contributed by atoms with Crippen LogP contribution >= 0.6 is 0 Å². The molecule has 2 rings (SSSR count). The number of piperidine rings is 1. The van der Waals surface area contributed by atoms with E-state index < -0.39 is 18.0 Å². The Morgan fingerprint density at radius 2 is 1.69 bits per heavy atom. The quantitative estimate of drug-likeness (QED) is 0.813. The van der Waals surface area contributed by atoms with Gasteiger partial charge in [-0.3, -0.25) is 9.59 Å². The number of nitrogens with zero attached hydrogens (tertiary/aromatic N) is 2. The third-order valence-electron chi connectivity index (χ3n) is 4.46. The number of benzene rings is 1. The Bertz CT molecular complexity index is 670. The minimum Gasteiger partial charge on any atom is -0.493 e. The molecule has 144 valence electrons. The minimum absolute atomic E-state index is 0.0888. The Hall–Kier alpha value is -2.45. The van der Waals surface area contributed by atoms with Gasteiger partial charge >= 0.3 is 12.1 Å². The second kappa shape index (κ2) is 7.84. The van der Waals surface area contributed by atoms with Gasteiger partial charge in [0.05, 0.1) is 14.2 Å². The maximum atomic E-state index is 12.7. The van der Waals surface area contributed by atoms with Crippen molar-refractivity contribution in [3.63, 3.8) is 0 Å². The molecule has 26 heavy (non-hydrogen) atoms. The summed E-state index contributed by atoms with van der Waals surface area (Å²) in [5.41, 5.74) is 0.585. The van der Waals surface area contributed by atoms with E-state index in [-0.39, 0.29) is 31.8 Å². The third kappa shape index (κ3) is 4.20. The number of hydrogen-bond donors (Lipinski definition) is 0. The number of likely N-dealkylation sites (tertiary alicyclic amines) is 1. The number of alkyl halides is 3. The van der Waals surface area contributed by atoms with Crippen LogP contribution in [0, 0.1) is 5.92 Å². The molecule has 0 spiro atoms. The molecule has 1 aliphatic rings. The molecule has 0 N–H and O–H groups in total. The first-order valence-corrected chi connectivity index (χ1v) is 8.04. The Morgan fingerprint density at radius 1 is 1.12 bits per heavy atom. The molecule has 0 radical (unpaired) electrons. The van der Waals surface area contributed by atoms with E-state index >= 15 is 0 Å². The van der Waals surface area contributed by atoms with E-state index in [1.165, 1.54) is 19.1 Å². The molecule has 0 atom stereocenters. The molecule has 1 aromatic carbocycles. The van der Waals surface area contributed by atoms with Crippen molar-refractivity contribution in [1.82, 2.24) is 4.90 Å². The Balaban J connectivity index is 2.03. The fourth-order valence-corrected chi connectivity index (χ4v) is 2.94. The fourth-order valence-electron chi connectivity index (χ4n) is 2.94. The van der Waals surface area contributed by atoms with Crippen LogP contribution in [0.15, 0.2) is 18.2 Å². The molecule has 1 aromatic rings. The Labute approximate surface area is 149 Å². The lowest BCUT2D eigenvalue weighted by molar-refractivity contribution is -0.186. The van der Waals surface area contributed by atoms with E-state index in [1.54, 1.807) is 25.2 Å². The summed E-state index contributed by atoms with van der Waals surface area (Å²) in [7, 11) is 4.58. The molecule has 6 nitrogen and oxygen atoms in total. The van der Waals surface area contributed by atoms with Gasteiger partial charge in [0, 0.05) is 37.8 Å². The number of hydrogen-bond acceptors (Lipinski definition) is 4. The van der Waals surface area contributed by atoms with Gasteiger partial charge in [0.1, 0.15) is 0 Å². The molecule has 9 heteroatoms. The Kier molecular flexibility index (Phi) is 5.99. The molecule has 0 aliphatic carbocycles. The van der Waals surface area contributed by atoms with Gasteiger partial charge in [-0.25, -0.2) is 0 Å². The number of carbonyl (C=O) groups is 2. The molecule has 0 aromatic heterocycles. The van der Waals surface area contributed by atoms with Gasteiger partial charge in [-0.2, -0.15) is 13.2 Å². The van der Waals surface area contributed by atoms with Crippen LogP contribution in [0.25, 0.3) is 0 Å². The van der Waals surface area contributed by atoms with E-state index in [2.05, 4.69) is 0 Å². The van der Waals surface area contributed by atoms with Crippen LogP contribution in [0.3, 0.4) is 0 Å². The first-order valence-electron chi connectivity index (χ1n) is 8.04. The monoisotopic (exact) mass is 374 g/mol. The average molecular weight is 374 g/mol. The zero-order valence-electron chi connectivity index (χ0n) is 14.8. The zero-order valence-corrected chi connectivity index (χ0v) is 14.8. The molecule has 0 bridgehead atoms. The van der Waals surface area contributed by atoms with E-state index in [9.17, 15) is 22.8 Å². The topological polar surface area (TPSA) is 59.1 Å². The number of anilines is 1. The molecule has 0 unspecified atom stereocenters. The maximum Gasteiger partial charge on any atom is 0.471 e. The molecule has 0 saturated carbocycles. The van der Waals surface area contributed by atoms with Crippen molar-refractivity contribution in [3.05, 3.63) is 18.2 Å². The summed E-state index contributed by atoms with van der Waals surface area (Å²) in [4.78, 5) is 26.1. The number of halogens is 3. The summed E-state index contributed by atoms with van der Waals surface area (Å²) in [6.45, 7) is -0.178. The van der Waals surface area contributed by atoms with Crippen LogP contribution in [0.1, 0.15) is 12.8 Å². The first-order chi connectivity index (χ1) is 12.2. The van der Waals surface area contributed by atoms with Gasteiger partial charge in [0.15, 0.2) is 11.5 Å². The normalized spacial score (nSPS) is 15.5. The molecule has 1 fully saturated rings. The SMILES string of the molecule is COc1ccc(N(C)C(=O)C2CCN(C(=O)C(F)(F)F)CC2)cc1OC. The second-order valence-electron chi connectivity index (χ2n) is 6.00. The molecule has 1 heterocycles. The van der Waals surface area contributed by atoms with Gasteiger partial charge in [0.2, 0.25) is 5.91 Å². The highest BCUT2D eigenvalue weighted by molar-refractivity contribution is 5.95. The second-order valence-corrected chi connectivity index (χ2v) is 6.00. The summed E-state index contributed by atoms with van der Waals surface area (Å²) >= 11 is 0. The lowest BCUT2D eigenvalue weighted by Gasteiger charge is -2.33. The van der Waals surface area contributed by atoms with E-state index in [0.717, 1.165) is 4.90 Å². The largest absolute Gasteiger partial charge is 0.493 e. The maximum absolute atomic E-state index is 12.7. The summed E-state index contributed by atoms with van der Waals surface area (Å²) in [5.74, 6) is -1.51. The molecule has 2 amide bonds. The number of carbonyl (C=O) groups excluding carboxylic acids is 2. The molecular formula is C17H21F3N2O4. The van der Waals surface area contributed by atoms with Gasteiger partial charge in [-0.15, -0.1) is 0 Å². The van der Waals surface area contributed by atoms with E-state index in [4.69, 9.17) is 9.47 Å². The van der Waals surface area contributed by atoms with Crippen LogP contribution < -0.4 is 14.4 Å². The first kappa shape index (κ1) is 19.9. The van der Waals surface area contributed by atoms with E-state index in [1.807, 2.05) is 0 Å². The molecule has 1 aliphatic heterocycles. The Morgan fingerprint density at radius 3 is 2.19 bits per heavy atom. The van der Waals surface area contributed by atoms with Crippen molar-refractivity contribution in [2.24, 2.45) is 5.92 Å². The lowest BCUT2D eigenvalue weighted by Crippen LogP contribution is -2.47. The molecular weight excluding hydrogens is 353 g/mol. The number of amides is 2. The standard InChI is InChI=1S/C17H21F3N2O4/c1-21(12-4-5-13(25-2)14(10-12)26-3)15(23)11-6-8-22(9-7-11)16(24)17(18,19)20/h4-5,10-11H,6-9H2,1-3H3. The smallest absolute Gasteiger partial charge is 0.471 e. The minimum atomic E-state index is -4.88. The van der Waals surface area contributed by atoms with Gasteiger partial charge in [-0.1, -0.05) is 0 Å². The van der Waals surface area contributed by atoms with Crippen molar-refractivity contribution < 1.29 is 32.2 Å². The van der Waals surface area contributed by atoms with Crippen molar-refractivity contribution in [1.29, 1.82) is 0 Å². The number of ether oxygens (including phenoxy) is 2. The average Bonchev–Trinajstić information content (AvgIpc) is 2.65. The highest BCUT2D eigenvalue weighted by atomic mass is 19.4. The van der Waals surface area contributed by atoms with Crippen molar-refractivity contribution in [2.75, 3.05) is 39.3 Å². The number of rotatable bonds is 4. The van der Waals surface area contributed by atoms with Gasteiger partial charge < -0.3 is 19.3 Å². The highest BCUT2D eigenvalue weighted by Gasteiger charge is 2.44. The molecule has 1 saturated heterocycles. The van der Waals surface area contributed by atoms with Crippen LogP contribution in [-0.2, 0) is 9.59 Å². The van der Waals surface area contributed by atoms with Crippen molar-refractivity contribution in [3.8, 4) is 11.5 Å². The van der Waals surface area contributed by atoms with Gasteiger partial charge in [-0.05, 0) is 25.0 Å². The lowest BCUT2D eigenvalue weighted by atomic mass is 9.95. The van der Waals surface area contributed by atoms with Gasteiger partial charge in [0.25, 0.3) is 0 Å². The summed E-state index contributed by atoms with van der Waals surface area (Å²) in [5, 5.41) is 0. The third-order valence-corrected chi connectivity index (χ3v) is 4.46. The van der Waals surface area contributed by atoms with Crippen LogP contribution in [0.4, 0.5) is 18.9 Å². The zero-order chi connectivity index (χ0) is 19.5.